The molecule has 0 bridgehead atoms. The predicted octanol–water partition coefficient (Wildman–Crippen LogP) is 0.562. The fraction of sp³-hybridized carbons (Fsp3) is 1.00. The Labute approximate surface area is 74.5 Å². The van der Waals surface area contributed by atoms with E-state index in [4.69, 9.17) is 0 Å². The summed E-state index contributed by atoms with van der Waals surface area (Å²) >= 11 is 0. The molecule has 0 aliphatic heterocycles. The molecule has 0 aromatic carbocycles. The number of nitrogens with one attached hydrogen (secondary N) is 1. The van der Waals surface area contributed by atoms with E-state index in [9.17, 15) is 8.42 Å². The monoisotopic (exact) mass is 191 g/mol. The molecule has 1 fully saturated rings. The summed E-state index contributed by atoms with van der Waals surface area (Å²) in [6.07, 6.45) is 2.99. The summed E-state index contributed by atoms with van der Waals surface area (Å²) in [5, 5.41) is 3.18. The normalized spacial score (nSPS) is 21.3. The van der Waals surface area contributed by atoms with Gasteiger partial charge < -0.3 is 5.32 Å². The van der Waals surface area contributed by atoms with Crippen LogP contribution < -0.4 is 5.32 Å². The second-order valence-corrected chi connectivity index (χ2v) is 6.40. The van der Waals surface area contributed by atoms with E-state index < -0.39 is 14.6 Å². The minimum Gasteiger partial charge on any atom is -0.313 e. The van der Waals surface area contributed by atoms with Crippen molar-refractivity contribution in [1.29, 1.82) is 0 Å². The third-order valence-corrected chi connectivity index (χ3v) is 4.55. The molecule has 72 valence electrons. The molecule has 0 radical (unpaired) electrons. The van der Waals surface area contributed by atoms with Crippen molar-refractivity contribution in [1.82, 2.24) is 5.32 Å². The molecule has 1 rings (SSSR count). The van der Waals surface area contributed by atoms with Gasteiger partial charge in [0.25, 0.3) is 0 Å². The molecule has 0 unspecified atom stereocenters. The largest absolute Gasteiger partial charge is 0.313 e. The first-order chi connectivity index (χ1) is 5.37. The standard InChI is InChI=1S/C8H17NO2S/c1-7(2)9-6-8(4-5-8)12(3,10)11/h7,9H,4-6H2,1-3H3. The summed E-state index contributed by atoms with van der Waals surface area (Å²) in [5.41, 5.74) is 0. The summed E-state index contributed by atoms with van der Waals surface area (Å²) in [6.45, 7) is 4.67. The Kier molecular flexibility index (Phi) is 2.50. The zero-order valence-electron chi connectivity index (χ0n) is 7.92. The molecule has 0 heterocycles. The zero-order chi connectivity index (χ0) is 9.41. The van der Waals surface area contributed by atoms with Crippen LogP contribution in [0.1, 0.15) is 26.7 Å². The third kappa shape index (κ3) is 1.98. The Hall–Kier alpha value is -0.0900. The van der Waals surface area contributed by atoms with Crippen LogP contribution in [0.3, 0.4) is 0 Å². The SMILES string of the molecule is CC(C)NCC1(S(C)(=O)=O)CC1. The van der Waals surface area contributed by atoms with Crippen LogP contribution in [0.2, 0.25) is 0 Å². The Morgan fingerprint density at radius 3 is 2.17 bits per heavy atom. The summed E-state index contributed by atoms with van der Waals surface area (Å²) in [6, 6.07) is 0.365. The van der Waals surface area contributed by atoms with E-state index in [0.717, 1.165) is 12.8 Å². The van der Waals surface area contributed by atoms with Gasteiger partial charge >= 0.3 is 0 Å². The first-order valence-corrected chi connectivity index (χ1v) is 6.19. The van der Waals surface area contributed by atoms with Gasteiger partial charge in [0.1, 0.15) is 0 Å². The second kappa shape index (κ2) is 3.00. The number of rotatable bonds is 4. The molecule has 0 aromatic rings. The van der Waals surface area contributed by atoms with E-state index in [1.54, 1.807) is 0 Å². The van der Waals surface area contributed by atoms with Crippen LogP contribution in [0.4, 0.5) is 0 Å². The van der Waals surface area contributed by atoms with Crippen molar-refractivity contribution < 1.29 is 8.42 Å². The molecule has 1 aliphatic carbocycles. The van der Waals surface area contributed by atoms with Crippen LogP contribution in [0.15, 0.2) is 0 Å². The lowest BCUT2D eigenvalue weighted by Crippen LogP contribution is -2.38. The Morgan fingerprint density at radius 1 is 1.42 bits per heavy atom. The van der Waals surface area contributed by atoms with Crippen LogP contribution in [0, 0.1) is 0 Å². The molecule has 0 amide bonds. The van der Waals surface area contributed by atoms with Crippen LogP contribution in [-0.2, 0) is 9.84 Å². The van der Waals surface area contributed by atoms with Gasteiger partial charge in [-0.15, -0.1) is 0 Å². The Bertz CT molecular complexity index is 252. The molecule has 4 heteroatoms. The highest BCUT2D eigenvalue weighted by atomic mass is 32.2. The fourth-order valence-electron chi connectivity index (χ4n) is 1.21. The van der Waals surface area contributed by atoms with Crippen LogP contribution in [0.5, 0.6) is 0 Å². The van der Waals surface area contributed by atoms with Gasteiger partial charge in [0.2, 0.25) is 0 Å². The van der Waals surface area contributed by atoms with Crippen molar-refractivity contribution in [3.63, 3.8) is 0 Å². The van der Waals surface area contributed by atoms with Gasteiger partial charge in [-0.1, -0.05) is 13.8 Å². The topological polar surface area (TPSA) is 46.2 Å². The maximum Gasteiger partial charge on any atom is 0.154 e. The zero-order valence-corrected chi connectivity index (χ0v) is 8.74. The molecule has 0 aromatic heterocycles. The highest BCUT2D eigenvalue weighted by Gasteiger charge is 2.51. The van der Waals surface area contributed by atoms with Crippen LogP contribution in [0.25, 0.3) is 0 Å². The summed E-state index contributed by atoms with van der Waals surface area (Å²) in [7, 11) is -2.85. The van der Waals surface area contributed by atoms with E-state index in [1.165, 1.54) is 6.26 Å². The van der Waals surface area contributed by atoms with Crippen molar-refractivity contribution in [3.8, 4) is 0 Å². The van der Waals surface area contributed by atoms with Crippen molar-refractivity contribution in [3.05, 3.63) is 0 Å². The molecule has 3 nitrogen and oxygen atoms in total. The molecule has 0 saturated heterocycles. The van der Waals surface area contributed by atoms with Crippen molar-refractivity contribution in [2.45, 2.75) is 37.5 Å². The fourth-order valence-corrected chi connectivity index (χ4v) is 2.40. The Morgan fingerprint density at radius 2 is 1.92 bits per heavy atom. The summed E-state index contributed by atoms with van der Waals surface area (Å²) in [4.78, 5) is 0. The maximum absolute atomic E-state index is 11.3. The van der Waals surface area contributed by atoms with Crippen molar-refractivity contribution >= 4 is 9.84 Å². The molecule has 0 atom stereocenters. The molecule has 0 spiro atoms. The highest BCUT2D eigenvalue weighted by molar-refractivity contribution is 7.92. The van der Waals surface area contributed by atoms with Crippen LogP contribution in [-0.4, -0.2) is 32.0 Å². The van der Waals surface area contributed by atoms with Gasteiger partial charge in [0, 0.05) is 18.8 Å². The van der Waals surface area contributed by atoms with Gasteiger partial charge in [-0.3, -0.25) is 0 Å². The quantitative estimate of drug-likeness (QED) is 0.706. The van der Waals surface area contributed by atoms with E-state index >= 15 is 0 Å². The lowest BCUT2D eigenvalue weighted by Gasteiger charge is -2.15. The molecule has 1 saturated carbocycles. The lowest BCUT2D eigenvalue weighted by molar-refractivity contribution is 0.539. The van der Waals surface area contributed by atoms with E-state index in [-0.39, 0.29) is 0 Å². The minimum atomic E-state index is -2.85. The van der Waals surface area contributed by atoms with E-state index in [2.05, 4.69) is 5.32 Å². The molecule has 1 aliphatic rings. The van der Waals surface area contributed by atoms with Crippen LogP contribution >= 0.6 is 0 Å². The Balaban J connectivity index is 2.52. The van der Waals surface area contributed by atoms with Crippen molar-refractivity contribution in [2.75, 3.05) is 12.8 Å². The average molecular weight is 191 g/mol. The third-order valence-electron chi connectivity index (χ3n) is 2.43. The molecular formula is C8H17NO2S. The van der Waals surface area contributed by atoms with E-state index in [1.807, 2.05) is 13.8 Å². The minimum absolute atomic E-state index is 0.365. The van der Waals surface area contributed by atoms with Gasteiger partial charge in [-0.2, -0.15) is 0 Å². The first-order valence-electron chi connectivity index (χ1n) is 4.30. The van der Waals surface area contributed by atoms with E-state index in [0.29, 0.717) is 12.6 Å². The average Bonchev–Trinajstić information content (AvgIpc) is 2.60. The van der Waals surface area contributed by atoms with Gasteiger partial charge in [0.05, 0.1) is 4.75 Å². The second-order valence-electron chi connectivity index (χ2n) is 3.99. The lowest BCUT2D eigenvalue weighted by atomic mass is 10.3. The number of sulfone groups is 1. The molecule has 12 heavy (non-hydrogen) atoms. The summed E-state index contributed by atoms with van der Waals surface area (Å²) in [5.74, 6) is 0. The maximum atomic E-state index is 11.3. The first kappa shape index (κ1) is 9.99. The van der Waals surface area contributed by atoms with Gasteiger partial charge in [-0.05, 0) is 12.8 Å². The van der Waals surface area contributed by atoms with Crippen molar-refractivity contribution in [2.24, 2.45) is 0 Å². The number of hydrogen-bond acceptors (Lipinski definition) is 3. The van der Waals surface area contributed by atoms with Gasteiger partial charge in [0.15, 0.2) is 9.84 Å². The smallest absolute Gasteiger partial charge is 0.154 e. The number of hydrogen-bond donors (Lipinski definition) is 1. The van der Waals surface area contributed by atoms with Gasteiger partial charge in [-0.25, -0.2) is 8.42 Å². The molecular weight excluding hydrogens is 174 g/mol. The summed E-state index contributed by atoms with van der Waals surface area (Å²) < 4.78 is 22.2. The predicted molar refractivity (Wildman–Crippen MR) is 49.9 cm³/mol. The highest BCUT2D eigenvalue weighted by Crippen LogP contribution is 2.42. The molecule has 1 N–H and O–H groups in total.